The first kappa shape index (κ1) is 16.7. The van der Waals surface area contributed by atoms with Crippen molar-refractivity contribution in [1.29, 1.82) is 5.26 Å². The molecule has 24 heavy (non-hydrogen) atoms. The molecule has 3 rings (SSSR count). The number of halogens is 2. The Morgan fingerprint density at radius 1 is 1.38 bits per heavy atom. The van der Waals surface area contributed by atoms with Crippen molar-refractivity contribution in [3.8, 4) is 11.8 Å². The highest BCUT2D eigenvalue weighted by molar-refractivity contribution is 6.35. The number of nitrogens with zero attached hydrogens (tertiary/aromatic N) is 1. The van der Waals surface area contributed by atoms with Gasteiger partial charge in [0.05, 0.1) is 18.1 Å². The minimum Gasteiger partial charge on any atom is -0.495 e. The molecular formula is C17H14Cl2N2O3. The maximum atomic E-state index is 12.5. The molecule has 1 heterocycles. The van der Waals surface area contributed by atoms with Gasteiger partial charge in [0.15, 0.2) is 5.78 Å². The monoisotopic (exact) mass is 364 g/mol. The van der Waals surface area contributed by atoms with Crippen LogP contribution in [0.1, 0.15) is 30.7 Å². The number of carbonyl (C=O) groups is 1. The Balaban J connectivity index is 2.30. The summed E-state index contributed by atoms with van der Waals surface area (Å²) < 4.78 is 10.9. The number of carbonyl (C=O) groups excluding carboxylic acids is 1. The molecule has 0 bridgehead atoms. The smallest absolute Gasteiger partial charge is 0.205 e. The summed E-state index contributed by atoms with van der Waals surface area (Å²) in [6, 6.07) is 5.23. The van der Waals surface area contributed by atoms with Crippen LogP contribution >= 0.6 is 23.2 Å². The fourth-order valence-corrected chi connectivity index (χ4v) is 3.76. The predicted octanol–water partition coefficient (Wildman–Crippen LogP) is 3.82. The second-order valence-corrected chi connectivity index (χ2v) is 6.39. The van der Waals surface area contributed by atoms with E-state index in [1.165, 1.54) is 7.11 Å². The van der Waals surface area contributed by atoms with E-state index in [-0.39, 0.29) is 17.2 Å². The molecule has 0 saturated carbocycles. The summed E-state index contributed by atoms with van der Waals surface area (Å²) >= 11 is 12.4. The van der Waals surface area contributed by atoms with Crippen molar-refractivity contribution in [1.82, 2.24) is 0 Å². The van der Waals surface area contributed by atoms with E-state index in [4.69, 9.17) is 38.4 Å². The Hall–Kier alpha value is -2.16. The fourth-order valence-electron chi connectivity index (χ4n) is 3.18. The molecule has 2 N–H and O–H groups in total. The van der Waals surface area contributed by atoms with Gasteiger partial charge in [-0.25, -0.2) is 0 Å². The number of ketones is 1. The molecule has 0 aromatic heterocycles. The van der Waals surface area contributed by atoms with Crippen LogP contribution in [-0.4, -0.2) is 12.9 Å². The fraction of sp³-hybridized carbons (Fsp3) is 0.294. The SMILES string of the molecule is COc1c(Cl)cc(Cl)cc1C1C(C#N)=C(N)OC2=C1C(=O)CCC2. The summed E-state index contributed by atoms with van der Waals surface area (Å²) in [5.41, 5.74) is 7.04. The molecule has 0 saturated heterocycles. The van der Waals surface area contributed by atoms with Gasteiger partial charge in [0, 0.05) is 29.0 Å². The van der Waals surface area contributed by atoms with Crippen LogP contribution in [0.3, 0.4) is 0 Å². The number of hydrogen-bond acceptors (Lipinski definition) is 5. The molecule has 7 heteroatoms. The standard InChI is InChI=1S/C17H14Cl2N2O3/c1-23-16-9(5-8(18)6-11(16)19)14-10(7-20)17(21)24-13-4-2-3-12(22)15(13)14/h5-6,14H,2-4,21H2,1H3. The van der Waals surface area contributed by atoms with Crippen molar-refractivity contribution < 1.29 is 14.3 Å². The van der Waals surface area contributed by atoms with Crippen molar-refractivity contribution in [3.63, 3.8) is 0 Å². The zero-order valence-corrected chi connectivity index (χ0v) is 14.4. The van der Waals surface area contributed by atoms with Crippen LogP contribution < -0.4 is 10.5 Å². The van der Waals surface area contributed by atoms with Gasteiger partial charge in [0.25, 0.3) is 0 Å². The first-order valence-corrected chi connectivity index (χ1v) is 8.10. The molecule has 0 fully saturated rings. The Morgan fingerprint density at radius 2 is 2.12 bits per heavy atom. The molecule has 1 aromatic rings. The van der Waals surface area contributed by atoms with Crippen molar-refractivity contribution in [2.24, 2.45) is 5.73 Å². The van der Waals surface area contributed by atoms with Gasteiger partial charge in [-0.1, -0.05) is 23.2 Å². The zero-order chi connectivity index (χ0) is 17.4. The normalized spacial score (nSPS) is 20.4. The van der Waals surface area contributed by atoms with Crippen LogP contribution in [0.15, 0.2) is 34.9 Å². The van der Waals surface area contributed by atoms with Gasteiger partial charge in [-0.2, -0.15) is 5.26 Å². The van der Waals surface area contributed by atoms with Gasteiger partial charge in [0.1, 0.15) is 23.2 Å². The third-order valence-electron chi connectivity index (χ3n) is 4.16. The predicted molar refractivity (Wildman–Crippen MR) is 89.6 cm³/mol. The molecule has 2 aliphatic rings. The van der Waals surface area contributed by atoms with Crippen LogP contribution in [0.5, 0.6) is 5.75 Å². The summed E-state index contributed by atoms with van der Waals surface area (Å²) in [5, 5.41) is 10.2. The van der Waals surface area contributed by atoms with E-state index in [2.05, 4.69) is 0 Å². The number of hydrogen-bond donors (Lipinski definition) is 1. The van der Waals surface area contributed by atoms with Gasteiger partial charge in [-0.05, 0) is 18.6 Å². The van der Waals surface area contributed by atoms with Crippen LogP contribution in [0.2, 0.25) is 10.0 Å². The van der Waals surface area contributed by atoms with E-state index < -0.39 is 5.92 Å². The van der Waals surface area contributed by atoms with E-state index in [1.54, 1.807) is 12.1 Å². The van der Waals surface area contributed by atoms with Gasteiger partial charge >= 0.3 is 0 Å². The first-order valence-electron chi connectivity index (χ1n) is 7.34. The minimum atomic E-state index is -0.697. The highest BCUT2D eigenvalue weighted by Gasteiger charge is 2.39. The summed E-state index contributed by atoms with van der Waals surface area (Å²) in [6.07, 6.45) is 1.68. The molecule has 1 unspecified atom stereocenters. The first-order chi connectivity index (χ1) is 11.5. The quantitative estimate of drug-likeness (QED) is 0.861. The molecule has 124 valence electrons. The number of rotatable bonds is 2. The lowest BCUT2D eigenvalue weighted by Crippen LogP contribution is -2.27. The Bertz CT molecular complexity index is 837. The number of Topliss-reactive ketones (excluding diaryl/α,β-unsaturated/α-hetero) is 1. The number of methoxy groups -OCH3 is 1. The van der Waals surface area contributed by atoms with Crippen molar-refractivity contribution in [2.45, 2.75) is 25.2 Å². The summed E-state index contributed by atoms with van der Waals surface area (Å²) in [6.45, 7) is 0. The molecule has 1 atom stereocenters. The van der Waals surface area contributed by atoms with E-state index in [9.17, 15) is 10.1 Å². The molecule has 0 amide bonds. The molecule has 0 spiro atoms. The minimum absolute atomic E-state index is 0.00546. The molecule has 1 aromatic carbocycles. The third kappa shape index (κ3) is 2.62. The topological polar surface area (TPSA) is 85.3 Å². The summed E-state index contributed by atoms with van der Waals surface area (Å²) in [5.74, 6) is 0.0936. The summed E-state index contributed by atoms with van der Waals surface area (Å²) in [4.78, 5) is 12.5. The lowest BCUT2D eigenvalue weighted by Gasteiger charge is -2.31. The second-order valence-electron chi connectivity index (χ2n) is 5.55. The van der Waals surface area contributed by atoms with Gasteiger partial charge in [0.2, 0.25) is 5.88 Å². The number of ether oxygens (including phenoxy) is 2. The van der Waals surface area contributed by atoms with Crippen LogP contribution in [0, 0.1) is 11.3 Å². The van der Waals surface area contributed by atoms with E-state index in [0.29, 0.717) is 52.0 Å². The lowest BCUT2D eigenvalue weighted by molar-refractivity contribution is -0.116. The number of nitrogens with two attached hydrogens (primary N) is 1. The highest BCUT2D eigenvalue weighted by Crippen LogP contribution is 2.48. The number of allylic oxidation sites excluding steroid dienone is 3. The van der Waals surface area contributed by atoms with Gasteiger partial charge in [-0.3, -0.25) is 4.79 Å². The van der Waals surface area contributed by atoms with Crippen molar-refractivity contribution >= 4 is 29.0 Å². The molecule has 1 aliphatic carbocycles. The summed E-state index contributed by atoms with van der Waals surface area (Å²) in [7, 11) is 1.47. The number of benzene rings is 1. The van der Waals surface area contributed by atoms with Crippen LogP contribution in [-0.2, 0) is 9.53 Å². The average Bonchev–Trinajstić information content (AvgIpc) is 2.53. The molecule has 0 radical (unpaired) electrons. The van der Waals surface area contributed by atoms with Crippen molar-refractivity contribution in [2.75, 3.05) is 7.11 Å². The molecule has 1 aliphatic heterocycles. The van der Waals surface area contributed by atoms with Crippen molar-refractivity contribution in [3.05, 3.63) is 50.5 Å². The maximum absolute atomic E-state index is 12.5. The van der Waals surface area contributed by atoms with E-state index >= 15 is 0 Å². The Kier molecular flexibility index (Phi) is 4.44. The zero-order valence-electron chi connectivity index (χ0n) is 12.9. The number of nitriles is 1. The maximum Gasteiger partial charge on any atom is 0.205 e. The second kappa shape index (κ2) is 6.39. The van der Waals surface area contributed by atoms with Crippen LogP contribution in [0.4, 0.5) is 0 Å². The Labute approximate surface area is 149 Å². The lowest BCUT2D eigenvalue weighted by atomic mass is 9.77. The molecule has 5 nitrogen and oxygen atoms in total. The third-order valence-corrected chi connectivity index (χ3v) is 4.66. The van der Waals surface area contributed by atoms with Gasteiger partial charge < -0.3 is 15.2 Å². The Morgan fingerprint density at radius 3 is 2.79 bits per heavy atom. The van der Waals surface area contributed by atoms with Crippen LogP contribution in [0.25, 0.3) is 0 Å². The van der Waals surface area contributed by atoms with E-state index in [1.807, 2.05) is 6.07 Å². The average molecular weight is 365 g/mol. The largest absolute Gasteiger partial charge is 0.495 e. The van der Waals surface area contributed by atoms with Gasteiger partial charge in [-0.15, -0.1) is 0 Å². The highest BCUT2D eigenvalue weighted by atomic mass is 35.5. The molecular weight excluding hydrogens is 351 g/mol. The van der Waals surface area contributed by atoms with E-state index in [0.717, 1.165) is 0 Å².